The van der Waals surface area contributed by atoms with Crippen LogP contribution in [-0.4, -0.2) is 42.3 Å². The first-order valence-electron chi connectivity index (χ1n) is 10.8. The average molecular weight is 486 g/mol. The molecule has 0 fully saturated rings. The average Bonchev–Trinajstić information content (AvgIpc) is 2.82. The van der Waals surface area contributed by atoms with Gasteiger partial charge in [0, 0.05) is 31.0 Å². The van der Waals surface area contributed by atoms with Crippen molar-refractivity contribution in [3.8, 4) is 0 Å². The Bertz CT molecular complexity index is 1260. The number of benzene rings is 2. The van der Waals surface area contributed by atoms with Gasteiger partial charge in [-0.3, -0.25) is 19.1 Å². The highest BCUT2D eigenvalue weighted by Crippen LogP contribution is 2.23. The Kier molecular flexibility index (Phi) is 8.50. The molecular formula is C24H28ClN5O4. The van der Waals surface area contributed by atoms with E-state index in [1.807, 2.05) is 43.3 Å². The number of hydrogen-bond acceptors (Lipinski definition) is 6. The van der Waals surface area contributed by atoms with Gasteiger partial charge in [0.1, 0.15) is 5.82 Å². The number of aromatic amines is 1. The molecule has 0 bridgehead atoms. The number of carbonyl (C=O) groups excluding carboxylic acids is 1. The van der Waals surface area contributed by atoms with Crippen molar-refractivity contribution in [2.45, 2.75) is 19.9 Å². The van der Waals surface area contributed by atoms with E-state index in [1.165, 1.54) is 9.47 Å². The summed E-state index contributed by atoms with van der Waals surface area (Å²) in [6.07, 6.45) is 0.467. The van der Waals surface area contributed by atoms with Crippen molar-refractivity contribution in [1.29, 1.82) is 0 Å². The van der Waals surface area contributed by atoms with Crippen molar-refractivity contribution >= 4 is 34.7 Å². The van der Waals surface area contributed by atoms with Gasteiger partial charge in [0.05, 0.1) is 13.1 Å². The summed E-state index contributed by atoms with van der Waals surface area (Å²) in [6, 6.07) is 14.6. The van der Waals surface area contributed by atoms with E-state index in [4.69, 9.17) is 22.1 Å². The number of H-pyrrole nitrogens is 1. The standard InChI is InChI=1S/C24H28ClN5O4/c1-16-18(25)10-6-11-19(16)27-14-20(31)29(12-7-13-34-2)21-22(26)30(24(33)28-23(21)32)15-17-8-4-3-5-9-17/h3-6,8-11,27H,7,12-15,26H2,1-2H3,(H,28,32,33). The lowest BCUT2D eigenvalue weighted by molar-refractivity contribution is -0.117. The maximum absolute atomic E-state index is 13.3. The Morgan fingerprint density at radius 3 is 2.62 bits per heavy atom. The van der Waals surface area contributed by atoms with Crippen LogP contribution in [0.25, 0.3) is 0 Å². The third kappa shape index (κ3) is 5.86. The van der Waals surface area contributed by atoms with Crippen molar-refractivity contribution < 1.29 is 9.53 Å². The van der Waals surface area contributed by atoms with Crippen molar-refractivity contribution in [3.63, 3.8) is 0 Å². The highest BCUT2D eigenvalue weighted by molar-refractivity contribution is 6.31. The number of nitrogens with zero attached hydrogens (tertiary/aromatic N) is 2. The van der Waals surface area contributed by atoms with Crippen LogP contribution < -0.4 is 27.2 Å². The maximum atomic E-state index is 13.3. The molecule has 3 aromatic rings. The van der Waals surface area contributed by atoms with E-state index in [1.54, 1.807) is 19.2 Å². The van der Waals surface area contributed by atoms with Crippen LogP contribution in [0, 0.1) is 6.92 Å². The molecule has 0 aliphatic rings. The summed E-state index contributed by atoms with van der Waals surface area (Å²) in [6.45, 7) is 2.44. The molecule has 0 saturated heterocycles. The van der Waals surface area contributed by atoms with Gasteiger partial charge in [0.15, 0.2) is 5.69 Å². The molecule has 3 rings (SSSR count). The number of nitrogen functional groups attached to an aromatic ring is 1. The zero-order valence-corrected chi connectivity index (χ0v) is 19.9. The minimum Gasteiger partial charge on any atom is -0.385 e. The Labute approximate surface area is 202 Å². The van der Waals surface area contributed by atoms with E-state index in [2.05, 4.69) is 10.3 Å². The fourth-order valence-corrected chi connectivity index (χ4v) is 3.73. The number of rotatable bonds is 10. The molecule has 0 atom stereocenters. The van der Waals surface area contributed by atoms with Gasteiger partial charge in [0.25, 0.3) is 5.56 Å². The molecule has 2 aromatic carbocycles. The maximum Gasteiger partial charge on any atom is 0.330 e. The zero-order chi connectivity index (χ0) is 24.7. The SMILES string of the molecule is COCCCN(C(=O)CNc1cccc(Cl)c1C)c1c(N)n(Cc2ccccc2)c(=O)[nH]c1=O. The molecule has 34 heavy (non-hydrogen) atoms. The van der Waals surface area contributed by atoms with Gasteiger partial charge < -0.3 is 20.7 Å². The van der Waals surface area contributed by atoms with Gasteiger partial charge >= 0.3 is 5.69 Å². The Balaban J connectivity index is 1.95. The minimum atomic E-state index is -0.725. The van der Waals surface area contributed by atoms with Crippen LogP contribution in [0.4, 0.5) is 17.2 Å². The van der Waals surface area contributed by atoms with Gasteiger partial charge in [-0.25, -0.2) is 4.79 Å². The van der Waals surface area contributed by atoms with E-state index in [9.17, 15) is 14.4 Å². The van der Waals surface area contributed by atoms with E-state index in [-0.39, 0.29) is 31.1 Å². The number of carbonyl (C=O) groups is 1. The van der Waals surface area contributed by atoms with Gasteiger partial charge in [-0.2, -0.15) is 0 Å². The largest absolute Gasteiger partial charge is 0.385 e. The normalized spacial score (nSPS) is 10.8. The molecule has 1 heterocycles. The quantitative estimate of drug-likeness (QED) is 0.379. The predicted molar refractivity (Wildman–Crippen MR) is 135 cm³/mol. The first kappa shape index (κ1) is 25.1. The lowest BCUT2D eigenvalue weighted by Crippen LogP contribution is -2.44. The van der Waals surface area contributed by atoms with E-state index >= 15 is 0 Å². The lowest BCUT2D eigenvalue weighted by Gasteiger charge is -2.25. The summed E-state index contributed by atoms with van der Waals surface area (Å²) in [4.78, 5) is 42.2. The second-order valence-corrected chi connectivity index (χ2v) is 8.13. The Hall–Kier alpha value is -3.56. The number of halogens is 1. The highest BCUT2D eigenvalue weighted by atomic mass is 35.5. The number of hydrogen-bond donors (Lipinski definition) is 3. The molecule has 0 unspecified atom stereocenters. The molecule has 0 aliphatic carbocycles. The molecular weight excluding hydrogens is 458 g/mol. The third-order valence-corrected chi connectivity index (χ3v) is 5.81. The second-order valence-electron chi connectivity index (χ2n) is 7.72. The van der Waals surface area contributed by atoms with Crippen molar-refractivity contribution in [3.05, 3.63) is 85.5 Å². The Morgan fingerprint density at radius 1 is 1.18 bits per heavy atom. The first-order valence-corrected chi connectivity index (χ1v) is 11.2. The van der Waals surface area contributed by atoms with Crippen LogP contribution in [0.5, 0.6) is 0 Å². The van der Waals surface area contributed by atoms with Gasteiger partial charge in [-0.1, -0.05) is 48.0 Å². The van der Waals surface area contributed by atoms with Gasteiger partial charge in [-0.05, 0) is 36.6 Å². The predicted octanol–water partition coefficient (Wildman–Crippen LogP) is 2.61. The molecule has 0 spiro atoms. The molecule has 0 aliphatic heterocycles. The molecule has 0 radical (unpaired) electrons. The summed E-state index contributed by atoms with van der Waals surface area (Å²) in [5.74, 6) is -0.472. The molecule has 4 N–H and O–H groups in total. The fourth-order valence-electron chi connectivity index (χ4n) is 3.55. The molecule has 9 nitrogen and oxygen atoms in total. The number of methoxy groups -OCH3 is 1. The number of nitrogens with one attached hydrogen (secondary N) is 2. The molecule has 1 aromatic heterocycles. The van der Waals surface area contributed by atoms with E-state index < -0.39 is 17.2 Å². The summed E-state index contributed by atoms with van der Waals surface area (Å²) in [7, 11) is 1.55. The van der Waals surface area contributed by atoms with Crippen molar-refractivity contribution in [1.82, 2.24) is 9.55 Å². The molecule has 180 valence electrons. The van der Waals surface area contributed by atoms with Crippen LogP contribution in [0.1, 0.15) is 17.5 Å². The number of ether oxygens (including phenoxy) is 1. The summed E-state index contributed by atoms with van der Waals surface area (Å²) < 4.78 is 6.35. The summed E-state index contributed by atoms with van der Waals surface area (Å²) >= 11 is 6.17. The summed E-state index contributed by atoms with van der Waals surface area (Å²) in [5, 5.41) is 3.64. The van der Waals surface area contributed by atoms with Crippen LogP contribution in [0.2, 0.25) is 5.02 Å². The van der Waals surface area contributed by atoms with Gasteiger partial charge in [0.2, 0.25) is 5.91 Å². The Morgan fingerprint density at radius 2 is 1.91 bits per heavy atom. The van der Waals surface area contributed by atoms with E-state index in [0.717, 1.165) is 11.1 Å². The number of nitrogens with two attached hydrogens (primary N) is 1. The summed E-state index contributed by atoms with van der Waals surface area (Å²) in [5.41, 5.74) is 7.20. The zero-order valence-electron chi connectivity index (χ0n) is 19.1. The highest BCUT2D eigenvalue weighted by Gasteiger charge is 2.24. The number of anilines is 3. The third-order valence-electron chi connectivity index (χ3n) is 5.40. The number of aromatic nitrogens is 2. The monoisotopic (exact) mass is 485 g/mol. The second kappa shape index (κ2) is 11.5. The molecule has 1 amide bonds. The molecule has 0 saturated carbocycles. The topological polar surface area (TPSA) is 122 Å². The smallest absolute Gasteiger partial charge is 0.330 e. The van der Waals surface area contributed by atoms with Crippen molar-refractivity contribution in [2.75, 3.05) is 42.8 Å². The minimum absolute atomic E-state index is 0.0683. The van der Waals surface area contributed by atoms with Crippen LogP contribution >= 0.6 is 11.6 Å². The van der Waals surface area contributed by atoms with Crippen molar-refractivity contribution in [2.24, 2.45) is 0 Å². The van der Waals surface area contributed by atoms with Gasteiger partial charge in [-0.15, -0.1) is 0 Å². The lowest BCUT2D eigenvalue weighted by atomic mass is 10.2. The number of amides is 1. The van der Waals surface area contributed by atoms with Crippen LogP contribution in [0.15, 0.2) is 58.1 Å². The van der Waals surface area contributed by atoms with E-state index in [0.29, 0.717) is 23.7 Å². The van der Waals surface area contributed by atoms with Crippen LogP contribution in [0.3, 0.4) is 0 Å². The van der Waals surface area contributed by atoms with Crippen LogP contribution in [-0.2, 0) is 16.1 Å². The fraction of sp³-hybridized carbons (Fsp3) is 0.292. The molecule has 10 heteroatoms. The first-order chi connectivity index (χ1) is 16.3.